The Labute approximate surface area is 116 Å². The molecule has 2 rings (SSSR count). The number of hydrogen-bond donors (Lipinski definition) is 0. The van der Waals surface area contributed by atoms with E-state index >= 15 is 0 Å². The molecule has 0 amide bonds. The molecule has 1 fully saturated rings. The van der Waals surface area contributed by atoms with Crippen molar-refractivity contribution in [1.29, 1.82) is 0 Å². The van der Waals surface area contributed by atoms with Gasteiger partial charge in [-0.05, 0) is 48.0 Å². The summed E-state index contributed by atoms with van der Waals surface area (Å²) in [5.74, 6) is 0. The Morgan fingerprint density at radius 3 is 2.11 bits per heavy atom. The Hall–Kier alpha value is -0.805. The van der Waals surface area contributed by atoms with Crippen LogP contribution in [-0.4, -0.2) is 28.1 Å². The first-order valence-corrected chi connectivity index (χ1v) is 7.09. The van der Waals surface area contributed by atoms with E-state index in [0.717, 1.165) is 29.8 Å². The van der Waals surface area contributed by atoms with Crippen molar-refractivity contribution in [2.75, 3.05) is 0 Å². The number of hydrogen-bond acceptors (Lipinski definition) is 3. The fraction of sp³-hybridized carbons (Fsp3) is 0.786. The van der Waals surface area contributed by atoms with E-state index in [-0.39, 0.29) is 18.3 Å². The lowest BCUT2D eigenvalue weighted by Gasteiger charge is -2.32. The van der Waals surface area contributed by atoms with E-state index in [0.29, 0.717) is 0 Å². The summed E-state index contributed by atoms with van der Waals surface area (Å²) in [7, 11) is -0.310. The summed E-state index contributed by atoms with van der Waals surface area (Å²) in [6.45, 7) is 15.5. The second kappa shape index (κ2) is 4.63. The van der Waals surface area contributed by atoms with Crippen LogP contribution in [0, 0.1) is 13.8 Å². The molecule has 1 aliphatic rings. The Kier molecular flexibility index (Phi) is 3.56. The van der Waals surface area contributed by atoms with Crippen molar-refractivity contribution in [2.24, 2.45) is 0 Å². The van der Waals surface area contributed by atoms with Crippen molar-refractivity contribution in [3.05, 3.63) is 11.4 Å². The third-order valence-electron chi connectivity index (χ3n) is 4.36. The molecule has 1 aromatic heterocycles. The number of rotatable bonds is 3. The SMILES string of the molecule is CCCn1nc(C)c(B2OC(C)(C)C(C)(C)O2)c1C. The minimum absolute atomic E-state index is 0.302. The van der Waals surface area contributed by atoms with E-state index in [1.165, 1.54) is 0 Å². The van der Waals surface area contributed by atoms with Crippen LogP contribution in [0.1, 0.15) is 52.4 Å². The average molecular weight is 264 g/mol. The summed E-state index contributed by atoms with van der Waals surface area (Å²) in [6.07, 6.45) is 1.07. The third-order valence-corrected chi connectivity index (χ3v) is 4.36. The molecular weight excluding hydrogens is 239 g/mol. The standard InChI is InChI=1S/C14H25BN2O2/c1-8-9-17-11(3)12(10(2)16-17)15-18-13(4,5)14(6,7)19-15/h8-9H2,1-7H3. The van der Waals surface area contributed by atoms with Crippen molar-refractivity contribution >= 4 is 12.6 Å². The predicted molar refractivity (Wildman–Crippen MR) is 77.7 cm³/mol. The van der Waals surface area contributed by atoms with Crippen LogP contribution in [0.15, 0.2) is 0 Å². The van der Waals surface area contributed by atoms with Crippen LogP contribution >= 0.6 is 0 Å². The third kappa shape index (κ3) is 2.34. The maximum Gasteiger partial charge on any atom is 0.498 e. The molecule has 19 heavy (non-hydrogen) atoms. The highest BCUT2D eigenvalue weighted by molar-refractivity contribution is 6.63. The molecule has 0 aliphatic carbocycles. The van der Waals surface area contributed by atoms with Crippen LogP contribution in [-0.2, 0) is 15.9 Å². The topological polar surface area (TPSA) is 36.3 Å². The Bertz CT molecular complexity index is 464. The van der Waals surface area contributed by atoms with Crippen LogP contribution in [0.2, 0.25) is 0 Å². The largest absolute Gasteiger partial charge is 0.498 e. The molecule has 1 aromatic rings. The molecule has 106 valence electrons. The monoisotopic (exact) mass is 264 g/mol. The van der Waals surface area contributed by atoms with Crippen molar-refractivity contribution in [2.45, 2.75) is 72.6 Å². The highest BCUT2D eigenvalue weighted by atomic mass is 16.7. The zero-order valence-corrected chi connectivity index (χ0v) is 13.2. The lowest BCUT2D eigenvalue weighted by atomic mass is 9.77. The van der Waals surface area contributed by atoms with Crippen molar-refractivity contribution in [3.8, 4) is 0 Å². The van der Waals surface area contributed by atoms with Gasteiger partial charge in [0.05, 0.1) is 16.9 Å². The Morgan fingerprint density at radius 2 is 1.63 bits per heavy atom. The fourth-order valence-corrected chi connectivity index (χ4v) is 2.44. The maximum atomic E-state index is 6.13. The van der Waals surface area contributed by atoms with Crippen LogP contribution in [0.3, 0.4) is 0 Å². The maximum absolute atomic E-state index is 6.13. The fourth-order valence-electron chi connectivity index (χ4n) is 2.44. The first kappa shape index (κ1) is 14.6. The van der Waals surface area contributed by atoms with Crippen LogP contribution in [0.4, 0.5) is 0 Å². The van der Waals surface area contributed by atoms with Gasteiger partial charge in [0.15, 0.2) is 0 Å². The van der Waals surface area contributed by atoms with Gasteiger partial charge in [0.2, 0.25) is 0 Å². The smallest absolute Gasteiger partial charge is 0.399 e. The molecular formula is C14H25BN2O2. The lowest BCUT2D eigenvalue weighted by molar-refractivity contribution is 0.00578. The number of aromatic nitrogens is 2. The van der Waals surface area contributed by atoms with Gasteiger partial charge in [0.25, 0.3) is 0 Å². The van der Waals surface area contributed by atoms with Crippen LogP contribution in [0.25, 0.3) is 0 Å². The molecule has 0 spiro atoms. The minimum Gasteiger partial charge on any atom is -0.399 e. The van der Waals surface area contributed by atoms with Gasteiger partial charge in [-0.15, -0.1) is 0 Å². The van der Waals surface area contributed by atoms with Gasteiger partial charge >= 0.3 is 7.12 Å². The quantitative estimate of drug-likeness (QED) is 0.785. The van der Waals surface area contributed by atoms with E-state index < -0.39 is 0 Å². The number of aryl methyl sites for hydroxylation is 2. The van der Waals surface area contributed by atoms with E-state index in [1.807, 2.05) is 6.92 Å². The summed E-state index contributed by atoms with van der Waals surface area (Å²) in [4.78, 5) is 0. The van der Waals surface area contributed by atoms with E-state index in [4.69, 9.17) is 9.31 Å². The molecule has 5 heteroatoms. The summed E-state index contributed by atoms with van der Waals surface area (Å²) in [5.41, 5.74) is 2.64. The van der Waals surface area contributed by atoms with Gasteiger partial charge < -0.3 is 9.31 Å². The van der Waals surface area contributed by atoms with Gasteiger partial charge in [0, 0.05) is 17.7 Å². The van der Waals surface area contributed by atoms with Gasteiger partial charge in [0.1, 0.15) is 0 Å². The average Bonchev–Trinajstić information content (AvgIpc) is 2.63. The first-order valence-electron chi connectivity index (χ1n) is 7.09. The predicted octanol–water partition coefficient (Wildman–Crippen LogP) is 2.21. The van der Waals surface area contributed by atoms with E-state index in [9.17, 15) is 0 Å². The van der Waals surface area contributed by atoms with E-state index in [1.54, 1.807) is 0 Å². The molecule has 0 bridgehead atoms. The molecule has 0 radical (unpaired) electrons. The molecule has 4 nitrogen and oxygen atoms in total. The Balaban J connectivity index is 2.34. The molecule has 0 saturated carbocycles. The van der Waals surface area contributed by atoms with Gasteiger partial charge in [-0.25, -0.2) is 0 Å². The summed E-state index contributed by atoms with van der Waals surface area (Å²) in [6, 6.07) is 0. The zero-order chi connectivity index (χ0) is 14.4. The lowest BCUT2D eigenvalue weighted by Crippen LogP contribution is -2.41. The summed E-state index contributed by atoms with van der Waals surface area (Å²) in [5, 5.41) is 4.60. The van der Waals surface area contributed by atoms with Gasteiger partial charge in [-0.2, -0.15) is 5.10 Å². The summed E-state index contributed by atoms with van der Waals surface area (Å²) >= 11 is 0. The summed E-state index contributed by atoms with van der Waals surface area (Å²) < 4.78 is 14.3. The molecule has 0 atom stereocenters. The zero-order valence-electron chi connectivity index (χ0n) is 13.2. The molecule has 0 aromatic carbocycles. The van der Waals surface area contributed by atoms with Crippen LogP contribution in [0.5, 0.6) is 0 Å². The van der Waals surface area contributed by atoms with Crippen LogP contribution < -0.4 is 5.46 Å². The molecule has 0 N–H and O–H groups in total. The van der Waals surface area contributed by atoms with Crippen molar-refractivity contribution < 1.29 is 9.31 Å². The minimum atomic E-state index is -0.310. The molecule has 1 saturated heterocycles. The first-order chi connectivity index (χ1) is 8.69. The highest BCUT2D eigenvalue weighted by Crippen LogP contribution is 2.36. The highest BCUT2D eigenvalue weighted by Gasteiger charge is 2.53. The Morgan fingerprint density at radius 1 is 1.11 bits per heavy atom. The second-order valence-electron chi connectivity index (χ2n) is 6.40. The molecule has 0 unspecified atom stereocenters. The van der Waals surface area contributed by atoms with Gasteiger partial charge in [-0.1, -0.05) is 6.92 Å². The second-order valence-corrected chi connectivity index (χ2v) is 6.40. The molecule has 1 aliphatic heterocycles. The van der Waals surface area contributed by atoms with Crippen molar-refractivity contribution in [3.63, 3.8) is 0 Å². The van der Waals surface area contributed by atoms with E-state index in [2.05, 4.69) is 51.3 Å². The van der Waals surface area contributed by atoms with Gasteiger partial charge in [-0.3, -0.25) is 4.68 Å². The number of nitrogens with zero attached hydrogens (tertiary/aromatic N) is 2. The van der Waals surface area contributed by atoms with Crippen molar-refractivity contribution in [1.82, 2.24) is 9.78 Å². The molecule has 2 heterocycles. The normalized spacial score (nSPS) is 21.1.